The monoisotopic (exact) mass is 418 g/mol. The van der Waals surface area contributed by atoms with Crippen molar-refractivity contribution < 1.29 is 0 Å². The van der Waals surface area contributed by atoms with Crippen molar-refractivity contribution in [2.24, 2.45) is 0 Å². The second-order valence-electron chi connectivity index (χ2n) is 9.84. The van der Waals surface area contributed by atoms with E-state index < -0.39 is 0 Å². The number of nitrogens with one attached hydrogen (secondary N) is 2. The summed E-state index contributed by atoms with van der Waals surface area (Å²) >= 11 is 0. The minimum atomic E-state index is 0.448. The molecule has 2 aromatic rings. The summed E-state index contributed by atoms with van der Waals surface area (Å²) in [4.78, 5) is 0. The summed E-state index contributed by atoms with van der Waals surface area (Å²) in [5.41, 5.74) is 9.78. The maximum Gasteiger partial charge on any atom is 0.0454 e. The normalized spacial score (nSPS) is 12.2. The zero-order chi connectivity index (χ0) is 23.3. The largest absolute Gasteiger partial charge is 0.359 e. The second kappa shape index (κ2) is 10.7. The first-order valence-corrected chi connectivity index (χ1v) is 11.7. The molecule has 0 spiro atoms. The van der Waals surface area contributed by atoms with Crippen LogP contribution in [0.5, 0.6) is 0 Å². The second-order valence-corrected chi connectivity index (χ2v) is 9.84. The molecule has 168 valence electrons. The zero-order valence-electron chi connectivity index (χ0n) is 21.1. The van der Waals surface area contributed by atoms with Crippen LogP contribution < -0.4 is 10.6 Å². The number of allylic oxidation sites excluding steroid dienone is 2. The molecule has 0 bridgehead atoms. The van der Waals surface area contributed by atoms with E-state index >= 15 is 0 Å². The predicted octanol–water partition coefficient (Wildman–Crippen LogP) is 9.12. The summed E-state index contributed by atoms with van der Waals surface area (Å²) < 4.78 is 0. The van der Waals surface area contributed by atoms with Gasteiger partial charge in [-0.15, -0.1) is 0 Å². The van der Waals surface area contributed by atoms with Gasteiger partial charge in [0, 0.05) is 22.8 Å². The Morgan fingerprint density at radius 2 is 0.968 bits per heavy atom. The minimum Gasteiger partial charge on any atom is -0.359 e. The van der Waals surface area contributed by atoms with E-state index in [0.29, 0.717) is 23.7 Å². The highest BCUT2D eigenvalue weighted by molar-refractivity contribution is 5.65. The molecule has 0 aliphatic rings. The number of anilines is 2. The third kappa shape index (κ3) is 6.26. The van der Waals surface area contributed by atoms with Gasteiger partial charge < -0.3 is 10.6 Å². The van der Waals surface area contributed by atoms with Crippen molar-refractivity contribution in [3.05, 3.63) is 82.7 Å². The molecule has 0 atom stereocenters. The number of benzene rings is 2. The lowest BCUT2D eigenvalue weighted by molar-refractivity contribution is 0.836. The molecule has 0 radical (unpaired) electrons. The predicted molar refractivity (Wildman–Crippen MR) is 139 cm³/mol. The molecule has 0 saturated heterocycles. The van der Waals surface area contributed by atoms with Crippen molar-refractivity contribution in [1.29, 1.82) is 0 Å². The Bertz CT molecular complexity index is 877. The van der Waals surface area contributed by atoms with Gasteiger partial charge in [0.25, 0.3) is 0 Å². The van der Waals surface area contributed by atoms with Crippen molar-refractivity contribution in [1.82, 2.24) is 0 Å². The molecule has 2 nitrogen and oxygen atoms in total. The van der Waals surface area contributed by atoms with Gasteiger partial charge >= 0.3 is 0 Å². The van der Waals surface area contributed by atoms with Crippen LogP contribution in [-0.2, 0) is 0 Å². The molecule has 31 heavy (non-hydrogen) atoms. The lowest BCUT2D eigenvalue weighted by Crippen LogP contribution is -2.09. The fraction of sp³-hybridized carbons (Fsp3) is 0.448. The van der Waals surface area contributed by atoms with E-state index in [2.05, 4.69) is 122 Å². The Balaban J connectivity index is 2.35. The average molecular weight is 419 g/mol. The Morgan fingerprint density at radius 1 is 0.645 bits per heavy atom. The van der Waals surface area contributed by atoms with E-state index in [0.717, 1.165) is 11.4 Å². The zero-order valence-corrected chi connectivity index (χ0v) is 21.1. The molecule has 0 aliphatic heterocycles. The van der Waals surface area contributed by atoms with Crippen LogP contribution >= 0.6 is 0 Å². The van der Waals surface area contributed by atoms with Crippen LogP contribution in [0.4, 0.5) is 11.4 Å². The summed E-state index contributed by atoms with van der Waals surface area (Å²) in [6.07, 6.45) is 2.11. The Kier molecular flexibility index (Phi) is 8.56. The SMILES string of the molecule is C=C(/C=C(/C)Nc1c(C(C)C)cccc1C(C)C)Nc1c(C(C)C)cccc1C(C)C. The summed E-state index contributed by atoms with van der Waals surface area (Å²) in [5, 5.41) is 7.32. The number of hydrogen-bond acceptors (Lipinski definition) is 2. The standard InChI is InChI=1S/C29H42N2/c1-18(2)24-13-11-14-25(19(3)4)28(24)30-22(9)17-23(10)31-29-26(20(5)6)15-12-16-27(29)21(7)8/h11-21,30-31H,9H2,1-8,10H3/b23-17-. The van der Waals surface area contributed by atoms with Gasteiger partial charge in [0.2, 0.25) is 0 Å². The maximum atomic E-state index is 4.32. The Morgan fingerprint density at radius 3 is 1.29 bits per heavy atom. The average Bonchev–Trinajstić information content (AvgIpc) is 2.67. The van der Waals surface area contributed by atoms with Gasteiger partial charge in [-0.2, -0.15) is 0 Å². The lowest BCUT2D eigenvalue weighted by Gasteiger charge is -2.23. The van der Waals surface area contributed by atoms with E-state index in [1.54, 1.807) is 0 Å². The third-order valence-electron chi connectivity index (χ3n) is 5.74. The van der Waals surface area contributed by atoms with E-state index in [1.807, 2.05) is 0 Å². The third-order valence-corrected chi connectivity index (χ3v) is 5.74. The molecule has 0 unspecified atom stereocenters. The van der Waals surface area contributed by atoms with Crippen molar-refractivity contribution in [2.75, 3.05) is 10.6 Å². The first-order valence-electron chi connectivity index (χ1n) is 11.7. The van der Waals surface area contributed by atoms with Crippen molar-refractivity contribution in [2.45, 2.75) is 86.0 Å². The molecule has 0 aromatic heterocycles. The maximum absolute atomic E-state index is 4.32. The van der Waals surface area contributed by atoms with Crippen LogP contribution in [0.1, 0.15) is 108 Å². The van der Waals surface area contributed by atoms with E-state index in [4.69, 9.17) is 0 Å². The van der Waals surface area contributed by atoms with Crippen LogP contribution in [0.25, 0.3) is 0 Å². The fourth-order valence-corrected chi connectivity index (χ4v) is 4.08. The smallest absolute Gasteiger partial charge is 0.0454 e. The van der Waals surface area contributed by atoms with Gasteiger partial charge in [0.1, 0.15) is 0 Å². The number of para-hydroxylation sites is 2. The molecule has 0 saturated carbocycles. The highest BCUT2D eigenvalue weighted by Gasteiger charge is 2.15. The van der Waals surface area contributed by atoms with E-state index in [1.165, 1.54) is 33.6 Å². The fourth-order valence-electron chi connectivity index (χ4n) is 4.08. The molecular weight excluding hydrogens is 376 g/mol. The van der Waals surface area contributed by atoms with Gasteiger partial charge in [-0.05, 0) is 58.9 Å². The van der Waals surface area contributed by atoms with Gasteiger partial charge in [-0.1, -0.05) is 98.4 Å². The minimum absolute atomic E-state index is 0.448. The number of hydrogen-bond donors (Lipinski definition) is 2. The molecule has 0 amide bonds. The van der Waals surface area contributed by atoms with Gasteiger partial charge in [0.15, 0.2) is 0 Å². The molecular formula is C29H42N2. The molecule has 2 aromatic carbocycles. The van der Waals surface area contributed by atoms with Crippen molar-refractivity contribution in [3.8, 4) is 0 Å². The first kappa shape index (κ1) is 24.8. The molecule has 0 fully saturated rings. The van der Waals surface area contributed by atoms with Gasteiger partial charge in [-0.3, -0.25) is 0 Å². The Labute approximate surface area is 190 Å². The molecule has 0 heterocycles. The summed E-state index contributed by atoms with van der Waals surface area (Å²) in [5.74, 6) is 1.82. The summed E-state index contributed by atoms with van der Waals surface area (Å²) in [7, 11) is 0. The van der Waals surface area contributed by atoms with Crippen LogP contribution in [0.2, 0.25) is 0 Å². The Hall–Kier alpha value is -2.48. The summed E-state index contributed by atoms with van der Waals surface area (Å²) in [6, 6.07) is 13.2. The van der Waals surface area contributed by atoms with Crippen LogP contribution in [0.15, 0.2) is 60.4 Å². The van der Waals surface area contributed by atoms with Crippen LogP contribution in [0.3, 0.4) is 0 Å². The summed E-state index contributed by atoms with van der Waals surface area (Å²) in [6.45, 7) is 24.4. The molecule has 2 rings (SSSR count). The topological polar surface area (TPSA) is 24.1 Å². The quantitative estimate of drug-likeness (QED) is 0.397. The van der Waals surface area contributed by atoms with Crippen LogP contribution in [-0.4, -0.2) is 0 Å². The number of rotatable bonds is 9. The highest BCUT2D eigenvalue weighted by Crippen LogP contribution is 2.35. The van der Waals surface area contributed by atoms with Crippen molar-refractivity contribution >= 4 is 11.4 Å². The lowest BCUT2D eigenvalue weighted by atomic mass is 9.92. The molecule has 2 heteroatoms. The van der Waals surface area contributed by atoms with E-state index in [9.17, 15) is 0 Å². The van der Waals surface area contributed by atoms with Crippen molar-refractivity contribution in [3.63, 3.8) is 0 Å². The highest BCUT2D eigenvalue weighted by atomic mass is 14.9. The van der Waals surface area contributed by atoms with E-state index in [-0.39, 0.29) is 0 Å². The van der Waals surface area contributed by atoms with Gasteiger partial charge in [0.05, 0.1) is 0 Å². The molecule has 0 aliphatic carbocycles. The first-order chi connectivity index (χ1) is 14.5. The van der Waals surface area contributed by atoms with Gasteiger partial charge in [-0.25, -0.2) is 0 Å². The molecule has 2 N–H and O–H groups in total. The van der Waals surface area contributed by atoms with Crippen LogP contribution in [0, 0.1) is 0 Å².